The van der Waals surface area contributed by atoms with Crippen LogP contribution in [0.2, 0.25) is 5.02 Å². The highest BCUT2D eigenvalue weighted by molar-refractivity contribution is 6.30. The van der Waals surface area contributed by atoms with Gasteiger partial charge in [-0.1, -0.05) is 23.7 Å². The number of halogens is 1. The highest BCUT2D eigenvalue weighted by Crippen LogP contribution is 2.15. The topological polar surface area (TPSA) is 89.4 Å². The third kappa shape index (κ3) is 4.76. The lowest BCUT2D eigenvalue weighted by Crippen LogP contribution is -2.35. The minimum Gasteiger partial charge on any atom is -0.381 e. The van der Waals surface area contributed by atoms with Crippen molar-refractivity contribution < 1.29 is 14.3 Å². The molecular formula is C20H24ClN5O3. The number of carbonyl (C=O) groups is 2. The van der Waals surface area contributed by atoms with E-state index in [1.807, 2.05) is 21.6 Å². The molecule has 29 heavy (non-hydrogen) atoms. The molecule has 0 bridgehead atoms. The molecule has 1 aromatic carbocycles. The Kier molecular flexibility index (Phi) is 6.10. The van der Waals surface area contributed by atoms with Crippen LogP contribution < -0.4 is 5.32 Å². The van der Waals surface area contributed by atoms with E-state index in [0.717, 1.165) is 23.6 Å². The van der Waals surface area contributed by atoms with Gasteiger partial charge in [0, 0.05) is 37.7 Å². The summed E-state index contributed by atoms with van der Waals surface area (Å²) < 4.78 is 7.28. The quantitative estimate of drug-likeness (QED) is 0.789. The molecule has 2 aromatic rings. The van der Waals surface area contributed by atoms with Gasteiger partial charge in [-0.15, -0.1) is 10.2 Å². The van der Waals surface area contributed by atoms with Crippen LogP contribution in [0.3, 0.4) is 0 Å². The van der Waals surface area contributed by atoms with Crippen LogP contribution in [0.1, 0.15) is 23.6 Å². The van der Waals surface area contributed by atoms with Gasteiger partial charge in [-0.3, -0.25) is 9.59 Å². The molecule has 1 saturated heterocycles. The number of nitrogens with zero attached hydrogens (tertiary/aromatic N) is 4. The largest absolute Gasteiger partial charge is 0.381 e. The van der Waals surface area contributed by atoms with Gasteiger partial charge in [-0.05, 0) is 24.1 Å². The van der Waals surface area contributed by atoms with Crippen LogP contribution in [0, 0.1) is 5.92 Å². The van der Waals surface area contributed by atoms with E-state index in [0.29, 0.717) is 57.3 Å². The van der Waals surface area contributed by atoms with Gasteiger partial charge in [-0.25, -0.2) is 0 Å². The van der Waals surface area contributed by atoms with Crippen LogP contribution in [0.15, 0.2) is 24.3 Å². The number of carbonyl (C=O) groups excluding carboxylic acids is 2. The Hall–Kier alpha value is -2.45. The molecule has 154 valence electrons. The summed E-state index contributed by atoms with van der Waals surface area (Å²) in [6, 6.07) is 7.35. The SMILES string of the molecule is O=C(NCc1nnc2n1CCN(C(=O)Cc1ccc(Cl)cc1)CC2)[C@@H]1CCOC1. The first-order chi connectivity index (χ1) is 14.1. The maximum absolute atomic E-state index is 12.7. The van der Waals surface area contributed by atoms with Crippen LogP contribution in [-0.2, 0) is 40.3 Å². The van der Waals surface area contributed by atoms with Crippen molar-refractivity contribution >= 4 is 23.4 Å². The third-order valence-electron chi connectivity index (χ3n) is 5.45. The van der Waals surface area contributed by atoms with Gasteiger partial charge in [0.1, 0.15) is 5.82 Å². The number of fused-ring (bicyclic) bond motifs is 1. The maximum Gasteiger partial charge on any atom is 0.227 e. The standard InChI is InChI=1S/C20H24ClN5O3/c21-16-3-1-14(2-4-16)11-19(27)25-7-5-17-23-24-18(26(17)9-8-25)12-22-20(28)15-6-10-29-13-15/h1-4,15H,5-13H2,(H,22,28)/t15-/m1/s1. The highest BCUT2D eigenvalue weighted by atomic mass is 35.5. The van der Waals surface area contributed by atoms with E-state index < -0.39 is 0 Å². The molecule has 1 aromatic heterocycles. The molecule has 0 unspecified atom stereocenters. The summed E-state index contributed by atoms with van der Waals surface area (Å²) in [6.45, 7) is 3.27. The predicted molar refractivity (Wildman–Crippen MR) is 106 cm³/mol. The van der Waals surface area contributed by atoms with Crippen LogP contribution >= 0.6 is 11.6 Å². The molecular weight excluding hydrogens is 394 g/mol. The lowest BCUT2D eigenvalue weighted by Gasteiger charge is -2.20. The summed E-state index contributed by atoms with van der Waals surface area (Å²) in [6.07, 6.45) is 1.75. The van der Waals surface area contributed by atoms with Crippen molar-refractivity contribution in [1.29, 1.82) is 0 Å². The number of amides is 2. The Balaban J connectivity index is 1.33. The first kappa shape index (κ1) is 19.8. The smallest absolute Gasteiger partial charge is 0.227 e. The number of rotatable bonds is 5. The summed E-state index contributed by atoms with van der Waals surface area (Å²) in [5, 5.41) is 12.1. The number of ether oxygens (including phenoxy) is 1. The Morgan fingerprint density at radius 1 is 1.17 bits per heavy atom. The summed E-state index contributed by atoms with van der Waals surface area (Å²) in [4.78, 5) is 26.8. The first-order valence-corrected chi connectivity index (χ1v) is 10.3. The van der Waals surface area contributed by atoms with Crippen LogP contribution in [-0.4, -0.2) is 57.8 Å². The van der Waals surface area contributed by atoms with Gasteiger partial charge >= 0.3 is 0 Å². The van der Waals surface area contributed by atoms with Gasteiger partial charge < -0.3 is 19.5 Å². The lowest BCUT2D eigenvalue weighted by atomic mass is 10.1. The van der Waals surface area contributed by atoms with Gasteiger partial charge in [0.2, 0.25) is 11.8 Å². The average molecular weight is 418 g/mol. The van der Waals surface area contributed by atoms with E-state index in [9.17, 15) is 9.59 Å². The molecule has 1 fully saturated rings. The average Bonchev–Trinajstić information content (AvgIpc) is 3.34. The molecule has 3 heterocycles. The Bertz CT molecular complexity index is 877. The summed E-state index contributed by atoms with van der Waals surface area (Å²) >= 11 is 5.91. The second kappa shape index (κ2) is 8.92. The number of aromatic nitrogens is 3. The van der Waals surface area contributed by atoms with Crippen molar-refractivity contribution in [2.45, 2.75) is 32.4 Å². The van der Waals surface area contributed by atoms with Crippen LogP contribution in [0.4, 0.5) is 0 Å². The fourth-order valence-electron chi connectivity index (χ4n) is 3.70. The zero-order valence-corrected chi connectivity index (χ0v) is 16.9. The van der Waals surface area contributed by atoms with Crippen molar-refractivity contribution in [3.05, 3.63) is 46.5 Å². The minimum absolute atomic E-state index is 0.00626. The molecule has 9 heteroatoms. The minimum atomic E-state index is -0.0810. The van der Waals surface area contributed by atoms with E-state index in [4.69, 9.17) is 16.3 Å². The molecule has 1 N–H and O–H groups in total. The van der Waals surface area contributed by atoms with Crippen molar-refractivity contribution in [3.8, 4) is 0 Å². The van der Waals surface area contributed by atoms with E-state index in [1.54, 1.807) is 12.1 Å². The normalized spacial score (nSPS) is 18.9. The molecule has 0 saturated carbocycles. The van der Waals surface area contributed by atoms with Crippen LogP contribution in [0.25, 0.3) is 0 Å². The first-order valence-electron chi connectivity index (χ1n) is 9.89. The lowest BCUT2D eigenvalue weighted by molar-refractivity contribution is -0.130. The molecule has 2 amide bonds. The van der Waals surface area contributed by atoms with Crippen LogP contribution in [0.5, 0.6) is 0 Å². The highest BCUT2D eigenvalue weighted by Gasteiger charge is 2.25. The van der Waals surface area contributed by atoms with Crippen molar-refractivity contribution in [2.24, 2.45) is 5.92 Å². The fourth-order valence-corrected chi connectivity index (χ4v) is 3.83. The van der Waals surface area contributed by atoms with E-state index in [1.165, 1.54) is 0 Å². The molecule has 1 atom stereocenters. The van der Waals surface area contributed by atoms with Gasteiger partial charge in [0.15, 0.2) is 5.82 Å². The van der Waals surface area contributed by atoms with E-state index in [-0.39, 0.29) is 17.7 Å². The number of hydrogen-bond donors (Lipinski definition) is 1. The van der Waals surface area contributed by atoms with Gasteiger partial charge in [0.25, 0.3) is 0 Å². The van der Waals surface area contributed by atoms with Crippen molar-refractivity contribution in [2.75, 3.05) is 26.3 Å². The van der Waals surface area contributed by atoms with Crippen molar-refractivity contribution in [3.63, 3.8) is 0 Å². The van der Waals surface area contributed by atoms with E-state index >= 15 is 0 Å². The third-order valence-corrected chi connectivity index (χ3v) is 5.70. The number of hydrogen-bond acceptors (Lipinski definition) is 5. The summed E-state index contributed by atoms with van der Waals surface area (Å²) in [5.41, 5.74) is 0.947. The van der Waals surface area contributed by atoms with Crippen molar-refractivity contribution in [1.82, 2.24) is 25.0 Å². The molecule has 0 radical (unpaired) electrons. The maximum atomic E-state index is 12.7. The summed E-state index contributed by atoms with van der Waals surface area (Å²) in [5.74, 6) is 1.57. The van der Waals surface area contributed by atoms with Gasteiger partial charge in [-0.2, -0.15) is 0 Å². The zero-order valence-electron chi connectivity index (χ0n) is 16.1. The molecule has 4 rings (SSSR count). The summed E-state index contributed by atoms with van der Waals surface area (Å²) in [7, 11) is 0. The second-order valence-corrected chi connectivity index (χ2v) is 7.83. The van der Waals surface area contributed by atoms with E-state index in [2.05, 4.69) is 15.5 Å². The molecule has 8 nitrogen and oxygen atoms in total. The second-order valence-electron chi connectivity index (χ2n) is 7.40. The monoisotopic (exact) mass is 417 g/mol. The zero-order chi connectivity index (χ0) is 20.2. The Morgan fingerprint density at radius 2 is 2.00 bits per heavy atom. The fraction of sp³-hybridized carbons (Fsp3) is 0.500. The molecule has 2 aliphatic heterocycles. The molecule has 2 aliphatic rings. The Labute approximate surface area is 174 Å². The predicted octanol–water partition coefficient (Wildman–Crippen LogP) is 1.21. The molecule has 0 aliphatic carbocycles. The van der Waals surface area contributed by atoms with Gasteiger partial charge in [0.05, 0.1) is 25.5 Å². The molecule has 0 spiro atoms. The number of nitrogens with one attached hydrogen (secondary N) is 1. The number of benzene rings is 1. The Morgan fingerprint density at radius 3 is 2.76 bits per heavy atom.